The van der Waals surface area contributed by atoms with Gasteiger partial charge in [-0.1, -0.05) is 22.0 Å². The average molecular weight is 462 g/mol. The number of aromatic nitrogens is 1. The molecule has 1 saturated heterocycles. The number of nitrogens with zero attached hydrogens (tertiary/aromatic N) is 3. The molecular formula is C21H24BrN3O2S. The van der Waals surface area contributed by atoms with E-state index in [1.54, 1.807) is 7.11 Å². The molecule has 148 valence electrons. The number of hydrogen-bond donors (Lipinski definition) is 0. The van der Waals surface area contributed by atoms with Crippen LogP contribution in [-0.2, 0) is 11.0 Å². The molecule has 1 unspecified atom stereocenters. The maximum atomic E-state index is 13.5. The predicted octanol–water partition coefficient (Wildman–Crippen LogP) is 4.04. The quantitative estimate of drug-likeness (QED) is 0.587. The summed E-state index contributed by atoms with van der Waals surface area (Å²) in [6.45, 7) is 5.92. The Balaban J connectivity index is 1.74. The molecule has 0 bridgehead atoms. The van der Waals surface area contributed by atoms with Gasteiger partial charge in [0.2, 0.25) is 0 Å². The van der Waals surface area contributed by atoms with Gasteiger partial charge in [-0.2, -0.15) is 0 Å². The number of aryl methyl sites for hydroxylation is 1. The number of anilines is 1. The van der Waals surface area contributed by atoms with Crippen molar-refractivity contribution in [3.63, 3.8) is 0 Å². The summed E-state index contributed by atoms with van der Waals surface area (Å²) in [7, 11) is 2.49. The number of ether oxygens (including phenoxy) is 1. The standard InChI is InChI=1S/C21H24BrN3O2S/c1-15-14-25(19-12-16(22)4-6-18(15)19)28(26)17-5-7-21(27-3)20(13-17)24-10-8-23(2)9-11-24/h4-7,12-14H,8-11H2,1-3H3. The lowest BCUT2D eigenvalue weighted by atomic mass is 10.2. The second-order valence-electron chi connectivity index (χ2n) is 7.17. The maximum Gasteiger partial charge on any atom is 0.157 e. The van der Waals surface area contributed by atoms with E-state index in [9.17, 15) is 4.21 Å². The van der Waals surface area contributed by atoms with Crippen molar-refractivity contribution in [3.8, 4) is 5.75 Å². The topological polar surface area (TPSA) is 37.7 Å². The molecule has 0 amide bonds. The molecule has 1 aliphatic rings. The lowest BCUT2D eigenvalue weighted by molar-refractivity contribution is 0.311. The van der Waals surface area contributed by atoms with Gasteiger partial charge in [0.05, 0.1) is 23.2 Å². The molecule has 0 N–H and O–H groups in total. The number of benzene rings is 2. The van der Waals surface area contributed by atoms with Crippen molar-refractivity contribution in [2.45, 2.75) is 11.8 Å². The Morgan fingerprint density at radius 2 is 1.82 bits per heavy atom. The minimum atomic E-state index is -1.34. The Morgan fingerprint density at radius 3 is 2.54 bits per heavy atom. The molecule has 4 rings (SSSR count). The summed E-state index contributed by atoms with van der Waals surface area (Å²) in [5.41, 5.74) is 3.08. The van der Waals surface area contributed by atoms with E-state index < -0.39 is 11.0 Å². The smallest absolute Gasteiger partial charge is 0.157 e. The molecule has 2 heterocycles. The summed E-state index contributed by atoms with van der Waals surface area (Å²) in [5.74, 6) is 0.821. The zero-order valence-electron chi connectivity index (χ0n) is 16.3. The van der Waals surface area contributed by atoms with E-state index in [-0.39, 0.29) is 0 Å². The highest BCUT2D eigenvalue weighted by molar-refractivity contribution is 9.10. The summed E-state index contributed by atoms with van der Waals surface area (Å²) >= 11 is 3.53. The van der Waals surface area contributed by atoms with E-state index in [4.69, 9.17) is 4.74 Å². The fourth-order valence-electron chi connectivity index (χ4n) is 3.66. The molecule has 1 aliphatic heterocycles. The Bertz CT molecular complexity index is 1040. The Morgan fingerprint density at radius 1 is 1.07 bits per heavy atom. The lowest BCUT2D eigenvalue weighted by Crippen LogP contribution is -2.44. The van der Waals surface area contributed by atoms with Gasteiger partial charge in [0.25, 0.3) is 0 Å². The van der Waals surface area contributed by atoms with Gasteiger partial charge in [-0.3, -0.25) is 3.97 Å². The van der Waals surface area contributed by atoms with Crippen molar-refractivity contribution in [1.29, 1.82) is 0 Å². The molecule has 7 heteroatoms. The van der Waals surface area contributed by atoms with Gasteiger partial charge < -0.3 is 14.5 Å². The van der Waals surface area contributed by atoms with Crippen molar-refractivity contribution in [2.75, 3.05) is 45.2 Å². The molecule has 2 aromatic carbocycles. The highest BCUT2D eigenvalue weighted by Crippen LogP contribution is 2.33. The minimum Gasteiger partial charge on any atom is -0.495 e. The van der Waals surface area contributed by atoms with Crippen LogP contribution >= 0.6 is 15.9 Å². The second-order valence-corrected chi connectivity index (χ2v) is 9.45. The van der Waals surface area contributed by atoms with Gasteiger partial charge in [0.1, 0.15) is 5.75 Å². The molecule has 5 nitrogen and oxygen atoms in total. The molecule has 28 heavy (non-hydrogen) atoms. The number of methoxy groups -OCH3 is 1. The van der Waals surface area contributed by atoms with Crippen LogP contribution in [0.3, 0.4) is 0 Å². The third-order valence-corrected chi connectivity index (χ3v) is 7.12. The highest BCUT2D eigenvalue weighted by Gasteiger charge is 2.20. The van der Waals surface area contributed by atoms with Gasteiger partial charge in [0, 0.05) is 42.2 Å². The van der Waals surface area contributed by atoms with Crippen LogP contribution in [0.25, 0.3) is 10.9 Å². The first-order valence-corrected chi connectivity index (χ1v) is 11.2. The van der Waals surface area contributed by atoms with E-state index in [1.165, 1.54) is 0 Å². The second kappa shape index (κ2) is 7.89. The molecule has 0 saturated carbocycles. The largest absolute Gasteiger partial charge is 0.495 e. The highest BCUT2D eigenvalue weighted by atomic mass is 79.9. The molecule has 1 atom stereocenters. The number of halogens is 1. The van der Waals surface area contributed by atoms with Gasteiger partial charge in [0.15, 0.2) is 11.0 Å². The van der Waals surface area contributed by atoms with Crippen LogP contribution in [0.4, 0.5) is 5.69 Å². The molecule has 0 radical (unpaired) electrons. The number of likely N-dealkylation sites (N-methyl/N-ethyl adjacent to an activating group) is 1. The van der Waals surface area contributed by atoms with Crippen LogP contribution in [0, 0.1) is 6.92 Å². The SMILES string of the molecule is COc1ccc(S(=O)n2cc(C)c3ccc(Br)cc32)cc1N1CCN(C)CC1. The Kier molecular flexibility index (Phi) is 5.49. The summed E-state index contributed by atoms with van der Waals surface area (Å²) in [6, 6.07) is 11.9. The van der Waals surface area contributed by atoms with Crippen LogP contribution in [0.2, 0.25) is 0 Å². The summed E-state index contributed by atoms with van der Waals surface area (Å²) < 4.78 is 21.9. The molecule has 0 spiro atoms. The van der Waals surface area contributed by atoms with Crippen molar-refractivity contribution >= 4 is 43.5 Å². The number of rotatable bonds is 4. The summed E-state index contributed by atoms with van der Waals surface area (Å²) in [4.78, 5) is 5.40. The number of piperazine rings is 1. The van der Waals surface area contributed by atoms with Gasteiger partial charge in [-0.05, 0) is 49.9 Å². The number of fused-ring (bicyclic) bond motifs is 1. The average Bonchev–Trinajstić information content (AvgIpc) is 3.03. The van der Waals surface area contributed by atoms with E-state index in [2.05, 4.69) is 38.8 Å². The fraction of sp³-hybridized carbons (Fsp3) is 0.333. The predicted molar refractivity (Wildman–Crippen MR) is 119 cm³/mol. The van der Waals surface area contributed by atoms with Gasteiger partial charge >= 0.3 is 0 Å². The minimum absolute atomic E-state index is 0.770. The molecular weight excluding hydrogens is 438 g/mol. The van der Waals surface area contributed by atoms with Crippen LogP contribution in [-0.4, -0.2) is 53.4 Å². The summed E-state index contributed by atoms with van der Waals surface area (Å²) in [5, 5.41) is 1.12. The van der Waals surface area contributed by atoms with Crippen molar-refractivity contribution in [2.24, 2.45) is 0 Å². The maximum absolute atomic E-state index is 13.5. The van der Waals surface area contributed by atoms with E-state index in [0.717, 1.165) is 63.5 Å². The first-order valence-electron chi connectivity index (χ1n) is 9.29. The Hall–Kier alpha value is -1.83. The van der Waals surface area contributed by atoms with E-state index >= 15 is 0 Å². The first-order chi connectivity index (χ1) is 13.5. The Labute approximate surface area is 176 Å². The number of hydrogen-bond acceptors (Lipinski definition) is 4. The van der Waals surface area contributed by atoms with Gasteiger partial charge in [-0.25, -0.2) is 4.21 Å². The van der Waals surface area contributed by atoms with E-state index in [1.807, 2.05) is 47.4 Å². The van der Waals surface area contributed by atoms with Crippen LogP contribution in [0.15, 0.2) is 52.0 Å². The third kappa shape index (κ3) is 3.58. The normalized spacial score (nSPS) is 16.5. The van der Waals surface area contributed by atoms with Crippen LogP contribution < -0.4 is 9.64 Å². The molecule has 1 aromatic heterocycles. The first kappa shape index (κ1) is 19.5. The third-order valence-electron chi connectivity index (χ3n) is 5.31. The zero-order chi connectivity index (χ0) is 19.8. The van der Waals surface area contributed by atoms with Crippen molar-refractivity contribution in [3.05, 3.63) is 52.6 Å². The molecule has 1 fully saturated rings. The lowest BCUT2D eigenvalue weighted by Gasteiger charge is -2.34. The fourth-order valence-corrected chi connectivity index (χ4v) is 5.22. The van der Waals surface area contributed by atoms with Crippen molar-refractivity contribution in [1.82, 2.24) is 8.87 Å². The van der Waals surface area contributed by atoms with Crippen molar-refractivity contribution < 1.29 is 8.95 Å². The summed E-state index contributed by atoms with van der Waals surface area (Å²) in [6.07, 6.45) is 1.97. The monoisotopic (exact) mass is 461 g/mol. The zero-order valence-corrected chi connectivity index (χ0v) is 18.7. The van der Waals surface area contributed by atoms with Crippen LogP contribution in [0.1, 0.15) is 5.56 Å². The van der Waals surface area contributed by atoms with E-state index in [0.29, 0.717) is 0 Å². The van der Waals surface area contributed by atoms with Crippen LogP contribution in [0.5, 0.6) is 5.75 Å². The molecule has 0 aliphatic carbocycles. The van der Waals surface area contributed by atoms with Gasteiger partial charge in [-0.15, -0.1) is 0 Å². The molecule has 3 aromatic rings.